The predicted molar refractivity (Wildman–Crippen MR) is 104 cm³/mol. The second kappa shape index (κ2) is 7.44. The third-order valence-corrected chi connectivity index (χ3v) is 9.42. The van der Waals surface area contributed by atoms with Crippen LogP contribution >= 0.6 is 23.5 Å². The molecule has 0 aliphatic carbocycles. The van der Waals surface area contributed by atoms with Gasteiger partial charge in [-0.2, -0.15) is 0 Å². The predicted octanol–water partition coefficient (Wildman–Crippen LogP) is 2.70. The minimum atomic E-state index is -0.890. The summed E-state index contributed by atoms with van der Waals surface area (Å²) < 4.78 is 8.47. The summed E-state index contributed by atoms with van der Waals surface area (Å²) in [5, 5.41) is 9.02. The molecule has 0 radical (unpaired) electrons. The Hall–Kier alpha value is -1.07. The van der Waals surface area contributed by atoms with Gasteiger partial charge in [0.2, 0.25) is 0 Å². The molecule has 0 amide bonds. The van der Waals surface area contributed by atoms with Gasteiger partial charge in [0, 0.05) is 0 Å². The molecule has 24 heavy (non-hydrogen) atoms. The van der Waals surface area contributed by atoms with E-state index in [2.05, 4.69) is 30.7 Å². The van der Waals surface area contributed by atoms with Crippen LogP contribution < -0.4 is 13.7 Å². The van der Waals surface area contributed by atoms with Crippen molar-refractivity contribution in [2.75, 3.05) is 19.1 Å². The SMILES string of the molecule is CSC1(SC)CCOc2c([Se]c3ccc(C(=O)O)cc3)cccc21. The number of hydrogen-bond donors (Lipinski definition) is 1. The van der Waals surface area contributed by atoms with Crippen molar-refractivity contribution in [3.8, 4) is 5.75 Å². The molecule has 0 unspecified atom stereocenters. The Labute approximate surface area is 156 Å². The zero-order valence-electron chi connectivity index (χ0n) is 13.4. The Morgan fingerprint density at radius 2 is 1.88 bits per heavy atom. The molecule has 0 aromatic heterocycles. The zero-order chi connectivity index (χ0) is 17.2. The van der Waals surface area contributed by atoms with Crippen LogP contribution in [-0.4, -0.2) is 45.2 Å². The Morgan fingerprint density at radius 1 is 1.17 bits per heavy atom. The number of thioether (sulfide) groups is 2. The number of fused-ring (bicyclic) bond motifs is 1. The number of carboxylic acid groups (broad SMARTS) is 1. The molecule has 0 atom stereocenters. The van der Waals surface area contributed by atoms with Crippen molar-refractivity contribution in [1.82, 2.24) is 0 Å². The number of aromatic carboxylic acids is 1. The summed E-state index contributed by atoms with van der Waals surface area (Å²) in [6.07, 6.45) is 5.33. The van der Waals surface area contributed by atoms with E-state index in [1.807, 2.05) is 35.7 Å². The van der Waals surface area contributed by atoms with Crippen molar-refractivity contribution in [3.05, 3.63) is 53.6 Å². The van der Waals surface area contributed by atoms with Gasteiger partial charge >= 0.3 is 157 Å². The Balaban J connectivity index is 1.94. The fraction of sp³-hybridized carbons (Fsp3) is 0.278. The van der Waals surface area contributed by atoms with Crippen molar-refractivity contribution in [2.24, 2.45) is 0 Å². The van der Waals surface area contributed by atoms with Crippen LogP contribution in [0.4, 0.5) is 0 Å². The van der Waals surface area contributed by atoms with Gasteiger partial charge in [0.05, 0.1) is 0 Å². The molecule has 1 heterocycles. The fourth-order valence-electron chi connectivity index (χ4n) is 2.77. The quantitative estimate of drug-likeness (QED) is 0.590. The van der Waals surface area contributed by atoms with Gasteiger partial charge in [0.1, 0.15) is 0 Å². The van der Waals surface area contributed by atoms with Crippen molar-refractivity contribution in [1.29, 1.82) is 0 Å². The molecule has 0 spiro atoms. The molecule has 0 saturated heterocycles. The Bertz CT molecular complexity index is 742. The van der Waals surface area contributed by atoms with E-state index < -0.39 is 5.97 Å². The van der Waals surface area contributed by atoms with E-state index in [0.29, 0.717) is 5.56 Å². The molecule has 126 valence electrons. The molecular weight excluding hydrogens is 407 g/mol. The van der Waals surface area contributed by atoms with Gasteiger partial charge in [-0.05, 0) is 0 Å². The molecular formula is C18H18O3S2Se. The van der Waals surface area contributed by atoms with Crippen molar-refractivity contribution in [3.63, 3.8) is 0 Å². The molecule has 0 saturated carbocycles. The summed E-state index contributed by atoms with van der Waals surface area (Å²) in [7, 11) is 0. The van der Waals surface area contributed by atoms with Crippen molar-refractivity contribution < 1.29 is 14.6 Å². The molecule has 1 N–H and O–H groups in total. The second-order valence-corrected chi connectivity index (χ2v) is 10.1. The number of rotatable bonds is 5. The van der Waals surface area contributed by atoms with Crippen LogP contribution in [0, 0.1) is 0 Å². The van der Waals surface area contributed by atoms with E-state index >= 15 is 0 Å². The first kappa shape index (κ1) is 17.7. The van der Waals surface area contributed by atoms with Crippen LogP contribution in [0.5, 0.6) is 5.75 Å². The number of ether oxygens (including phenoxy) is 1. The number of carbonyl (C=O) groups is 1. The van der Waals surface area contributed by atoms with Crippen molar-refractivity contribution >= 4 is 53.4 Å². The van der Waals surface area contributed by atoms with Gasteiger partial charge in [0.25, 0.3) is 0 Å². The van der Waals surface area contributed by atoms with E-state index in [0.717, 1.165) is 23.2 Å². The normalized spacial score (nSPS) is 15.4. The molecule has 2 aromatic carbocycles. The first-order valence-electron chi connectivity index (χ1n) is 7.47. The van der Waals surface area contributed by atoms with E-state index in [4.69, 9.17) is 9.84 Å². The van der Waals surface area contributed by atoms with Gasteiger partial charge in [-0.3, -0.25) is 0 Å². The van der Waals surface area contributed by atoms with E-state index in [9.17, 15) is 4.79 Å². The maximum absolute atomic E-state index is 11.0. The first-order chi connectivity index (χ1) is 11.6. The van der Waals surface area contributed by atoms with Gasteiger partial charge in [0.15, 0.2) is 0 Å². The molecule has 0 bridgehead atoms. The third-order valence-electron chi connectivity index (χ3n) is 4.06. The average molecular weight is 425 g/mol. The van der Waals surface area contributed by atoms with E-state index in [-0.39, 0.29) is 19.0 Å². The number of hydrogen-bond acceptors (Lipinski definition) is 4. The zero-order valence-corrected chi connectivity index (χ0v) is 16.8. The van der Waals surface area contributed by atoms with Crippen LogP contribution in [-0.2, 0) is 4.08 Å². The monoisotopic (exact) mass is 426 g/mol. The summed E-state index contributed by atoms with van der Waals surface area (Å²) in [6, 6.07) is 13.6. The fourth-order valence-corrected chi connectivity index (χ4v) is 6.73. The van der Waals surface area contributed by atoms with Crippen LogP contribution in [0.2, 0.25) is 0 Å². The third kappa shape index (κ3) is 3.33. The number of benzene rings is 2. The van der Waals surface area contributed by atoms with Crippen molar-refractivity contribution in [2.45, 2.75) is 10.5 Å². The second-order valence-electron chi connectivity index (χ2n) is 5.32. The van der Waals surface area contributed by atoms with Crippen LogP contribution in [0.1, 0.15) is 22.3 Å². The maximum atomic E-state index is 11.0. The summed E-state index contributed by atoms with van der Waals surface area (Å²) in [5.41, 5.74) is 1.60. The topological polar surface area (TPSA) is 46.5 Å². The van der Waals surface area contributed by atoms with Crippen LogP contribution in [0.25, 0.3) is 0 Å². The number of para-hydroxylation sites is 1. The van der Waals surface area contributed by atoms with E-state index in [1.165, 1.54) is 10.0 Å². The summed E-state index contributed by atoms with van der Waals surface area (Å²) in [6.45, 7) is 0.736. The summed E-state index contributed by atoms with van der Waals surface area (Å²) >= 11 is 3.85. The Morgan fingerprint density at radius 3 is 2.50 bits per heavy atom. The average Bonchev–Trinajstić information content (AvgIpc) is 2.62. The molecule has 1 aliphatic heterocycles. The van der Waals surface area contributed by atoms with Gasteiger partial charge in [-0.15, -0.1) is 0 Å². The van der Waals surface area contributed by atoms with Crippen LogP contribution in [0.3, 0.4) is 0 Å². The molecule has 1 aliphatic rings. The number of carboxylic acids is 1. The van der Waals surface area contributed by atoms with Gasteiger partial charge in [-0.25, -0.2) is 0 Å². The van der Waals surface area contributed by atoms with E-state index in [1.54, 1.807) is 12.1 Å². The molecule has 0 fully saturated rings. The molecule has 3 nitrogen and oxygen atoms in total. The summed E-state index contributed by atoms with van der Waals surface area (Å²) in [4.78, 5) is 11.0. The molecule has 6 heteroatoms. The standard InChI is InChI=1S/C18H18O3S2Se/c1-22-18(23-2)10-11-21-16-14(18)4-3-5-15(16)24-13-8-6-12(7-9-13)17(19)20/h3-9H,10-11H2,1-2H3,(H,19,20). The molecule has 3 rings (SSSR count). The first-order valence-corrected chi connectivity index (χ1v) is 11.6. The Kier molecular flexibility index (Phi) is 5.50. The molecule has 2 aromatic rings. The van der Waals surface area contributed by atoms with Crippen LogP contribution in [0.15, 0.2) is 42.5 Å². The van der Waals surface area contributed by atoms with Gasteiger partial charge in [-0.1, -0.05) is 0 Å². The van der Waals surface area contributed by atoms with Gasteiger partial charge < -0.3 is 0 Å². The summed E-state index contributed by atoms with van der Waals surface area (Å²) in [5.74, 6) is 0.133. The minimum absolute atomic E-state index is 0.0623.